The number of allylic oxidation sites excluding steroid dienone is 10. The first-order valence-corrected chi connectivity index (χ1v) is 20.3. The van der Waals surface area contributed by atoms with Crippen molar-refractivity contribution in [1.29, 1.82) is 0 Å². The van der Waals surface area contributed by atoms with Crippen molar-refractivity contribution in [1.82, 2.24) is 5.32 Å². The van der Waals surface area contributed by atoms with Crippen LogP contribution in [0.4, 0.5) is 0 Å². The summed E-state index contributed by atoms with van der Waals surface area (Å²) in [7, 11) is -4.41. The minimum absolute atomic E-state index is 0.0682. The van der Waals surface area contributed by atoms with Crippen molar-refractivity contribution in [2.75, 3.05) is 26.4 Å². The summed E-state index contributed by atoms with van der Waals surface area (Å²) in [5.74, 6) is -0.547. The average Bonchev–Trinajstić information content (AvgIpc) is 3.08. The molecule has 0 aromatic heterocycles. The van der Waals surface area contributed by atoms with Gasteiger partial charge in [0.1, 0.15) is 12.7 Å². The predicted octanol–water partition coefficient (Wildman–Crippen LogP) is 9.76. The highest BCUT2D eigenvalue weighted by molar-refractivity contribution is 7.47. The van der Waals surface area contributed by atoms with Crippen LogP contribution < -0.4 is 5.32 Å². The van der Waals surface area contributed by atoms with E-state index in [1.807, 2.05) is 0 Å². The molecule has 0 spiro atoms. The molecule has 0 saturated carbocycles. The first-order chi connectivity index (χ1) is 23.8. The zero-order valence-electron chi connectivity index (χ0n) is 30.6. The van der Waals surface area contributed by atoms with Crippen molar-refractivity contribution >= 4 is 19.7 Å². The molecule has 9 nitrogen and oxygen atoms in total. The highest BCUT2D eigenvalue weighted by atomic mass is 31.2. The van der Waals surface area contributed by atoms with Gasteiger partial charge in [0.25, 0.3) is 0 Å². The largest absolute Gasteiger partial charge is 0.472 e. The lowest BCUT2D eigenvalue weighted by molar-refractivity contribution is -0.147. The summed E-state index contributed by atoms with van der Waals surface area (Å²) in [5.41, 5.74) is 0. The second kappa shape index (κ2) is 35.5. The van der Waals surface area contributed by atoms with E-state index >= 15 is 0 Å². The molecule has 1 amide bonds. The maximum atomic E-state index is 12.0. The van der Waals surface area contributed by atoms with Crippen LogP contribution >= 0.6 is 7.82 Å². The molecule has 0 bridgehead atoms. The Morgan fingerprint density at radius 2 is 1.16 bits per heavy atom. The zero-order chi connectivity index (χ0) is 36.1. The lowest BCUT2D eigenvalue weighted by atomic mass is 10.1. The van der Waals surface area contributed by atoms with Crippen molar-refractivity contribution in [3.8, 4) is 0 Å². The maximum absolute atomic E-state index is 12.0. The van der Waals surface area contributed by atoms with Crippen LogP contribution in [0.1, 0.15) is 142 Å². The van der Waals surface area contributed by atoms with Gasteiger partial charge in [0.15, 0.2) is 0 Å². The number of aliphatic hydroxyl groups is 1. The third-order valence-electron chi connectivity index (χ3n) is 7.46. The number of amides is 1. The maximum Gasteiger partial charge on any atom is 0.472 e. The Morgan fingerprint density at radius 1 is 0.653 bits per heavy atom. The van der Waals surface area contributed by atoms with Crippen molar-refractivity contribution in [3.05, 3.63) is 60.8 Å². The Labute approximate surface area is 298 Å². The number of hydrogen-bond donors (Lipinski definition) is 3. The molecule has 0 saturated heterocycles. The van der Waals surface area contributed by atoms with E-state index in [0.717, 1.165) is 89.9 Å². The van der Waals surface area contributed by atoms with Crippen LogP contribution in [0, 0.1) is 0 Å². The summed E-state index contributed by atoms with van der Waals surface area (Å²) >= 11 is 0. The molecule has 0 radical (unpaired) electrons. The second-order valence-electron chi connectivity index (χ2n) is 12.2. The normalized spacial score (nSPS) is 14.1. The molecule has 3 N–H and O–H groups in total. The van der Waals surface area contributed by atoms with Crippen LogP contribution in [-0.2, 0) is 27.9 Å². The van der Waals surface area contributed by atoms with E-state index < -0.39 is 26.5 Å². The lowest BCUT2D eigenvalue weighted by Gasteiger charge is -2.15. The molecule has 0 aliphatic heterocycles. The zero-order valence-corrected chi connectivity index (χ0v) is 31.5. The van der Waals surface area contributed by atoms with Crippen LogP contribution in [0.15, 0.2) is 60.8 Å². The topological polar surface area (TPSA) is 131 Å². The highest BCUT2D eigenvalue weighted by Gasteiger charge is 2.23. The number of phosphoric ester groups is 1. The van der Waals surface area contributed by atoms with Crippen LogP contribution in [-0.4, -0.2) is 54.3 Å². The van der Waals surface area contributed by atoms with Gasteiger partial charge in [0.2, 0.25) is 5.91 Å². The van der Waals surface area contributed by atoms with Crippen molar-refractivity contribution in [2.24, 2.45) is 0 Å². The summed E-state index contributed by atoms with van der Waals surface area (Å²) in [5, 5.41) is 12.6. The third kappa shape index (κ3) is 36.8. The molecule has 0 rings (SSSR count). The number of nitrogens with one attached hydrogen (secondary N) is 1. The monoisotopic (exact) mass is 709 g/mol. The second-order valence-corrected chi connectivity index (χ2v) is 13.6. The predicted molar refractivity (Wildman–Crippen MR) is 201 cm³/mol. The van der Waals surface area contributed by atoms with E-state index in [9.17, 15) is 24.2 Å². The van der Waals surface area contributed by atoms with E-state index in [4.69, 9.17) is 13.8 Å². The Hall–Kier alpha value is -2.29. The summed E-state index contributed by atoms with van der Waals surface area (Å²) in [4.78, 5) is 33.6. The van der Waals surface area contributed by atoms with Gasteiger partial charge in [-0.25, -0.2) is 4.57 Å². The van der Waals surface area contributed by atoms with Gasteiger partial charge in [0.05, 0.1) is 13.2 Å². The fourth-order valence-corrected chi connectivity index (χ4v) is 5.40. The third-order valence-corrected chi connectivity index (χ3v) is 8.45. The quantitative estimate of drug-likeness (QED) is 0.0261. The molecule has 10 heteroatoms. The molecule has 0 heterocycles. The van der Waals surface area contributed by atoms with Gasteiger partial charge in [0, 0.05) is 19.4 Å². The smallest absolute Gasteiger partial charge is 0.463 e. The fourth-order valence-electron chi connectivity index (χ4n) is 4.64. The lowest BCUT2D eigenvalue weighted by Crippen LogP contribution is -2.27. The van der Waals surface area contributed by atoms with Gasteiger partial charge < -0.3 is 20.1 Å². The number of rotatable bonds is 34. The molecule has 0 aliphatic rings. The van der Waals surface area contributed by atoms with E-state index in [2.05, 4.69) is 79.9 Å². The van der Waals surface area contributed by atoms with Gasteiger partial charge in [-0.15, -0.1) is 0 Å². The summed E-state index contributed by atoms with van der Waals surface area (Å²) in [6.45, 7) is 3.33. The molecule has 0 aromatic rings. The number of esters is 1. The summed E-state index contributed by atoms with van der Waals surface area (Å²) in [6.07, 6.45) is 40.3. The number of aliphatic hydroxyl groups excluding tert-OH is 1. The molecular weight excluding hydrogens is 641 g/mol. The van der Waals surface area contributed by atoms with Crippen molar-refractivity contribution in [3.63, 3.8) is 0 Å². The van der Waals surface area contributed by atoms with Gasteiger partial charge in [-0.05, 0) is 57.8 Å². The minimum Gasteiger partial charge on any atom is -0.463 e. The van der Waals surface area contributed by atoms with E-state index in [0.29, 0.717) is 6.42 Å². The van der Waals surface area contributed by atoms with E-state index in [-0.39, 0.29) is 32.1 Å². The Kier molecular flexibility index (Phi) is 33.9. The molecular formula is C39H68NO8P. The average molecular weight is 710 g/mol. The van der Waals surface area contributed by atoms with Gasteiger partial charge >= 0.3 is 13.8 Å². The van der Waals surface area contributed by atoms with Crippen molar-refractivity contribution < 1.29 is 37.9 Å². The van der Waals surface area contributed by atoms with Crippen LogP contribution in [0.25, 0.3) is 0 Å². The summed E-state index contributed by atoms with van der Waals surface area (Å²) < 4.78 is 26.6. The Morgan fingerprint density at radius 3 is 1.76 bits per heavy atom. The number of hydrogen-bond acceptors (Lipinski definition) is 7. The first-order valence-electron chi connectivity index (χ1n) is 18.8. The first kappa shape index (κ1) is 46.7. The van der Waals surface area contributed by atoms with E-state index in [1.54, 1.807) is 0 Å². The summed E-state index contributed by atoms with van der Waals surface area (Å²) in [6, 6.07) is 0. The van der Waals surface area contributed by atoms with Gasteiger partial charge in [-0.1, -0.05) is 132 Å². The Balaban J connectivity index is 3.67. The fraction of sp³-hybridized carbons (Fsp3) is 0.692. The van der Waals surface area contributed by atoms with Crippen LogP contribution in [0.3, 0.4) is 0 Å². The van der Waals surface area contributed by atoms with Crippen molar-refractivity contribution in [2.45, 2.75) is 148 Å². The number of unbranched alkanes of at least 4 members (excludes halogenated alkanes) is 11. The molecule has 49 heavy (non-hydrogen) atoms. The molecule has 2 atom stereocenters. The standard InChI is InChI=1S/C39H68NO8P/c1-3-5-7-9-11-12-13-14-15-16-17-18-19-20-21-22-23-24-26-27-29-31-38(42)40-33-34-47-49(44,45)48-36-37(41)35-46-39(43)32-30-28-25-10-8-6-4-2/h5,7,11-12,14-15,17-18,20-21,37,41H,3-4,6,8-10,13,16,19,22-36H2,1-2H3,(H,40,42)(H,44,45)/b7-5-,12-11-,15-14-,18-17-,21-20-. The van der Waals surface area contributed by atoms with Crippen LogP contribution in [0.2, 0.25) is 0 Å². The number of carbonyl (C=O) groups excluding carboxylic acids is 2. The molecule has 0 fully saturated rings. The molecule has 282 valence electrons. The number of phosphoric acid groups is 1. The minimum atomic E-state index is -4.41. The van der Waals surface area contributed by atoms with E-state index in [1.165, 1.54) is 25.7 Å². The SMILES string of the molecule is CC/C=C\C/C=C\C/C=C\C/C=C\C/C=C\CCCCCCCC(=O)NCCOP(=O)(O)OCC(O)COC(=O)CCCCCCCCC. The molecule has 0 aliphatic carbocycles. The Bertz CT molecular complexity index is 992. The molecule has 2 unspecified atom stereocenters. The number of carbonyl (C=O) groups is 2. The number of ether oxygens (including phenoxy) is 1. The van der Waals surface area contributed by atoms with Crippen LogP contribution in [0.5, 0.6) is 0 Å². The van der Waals surface area contributed by atoms with Gasteiger partial charge in [-0.3, -0.25) is 18.6 Å². The highest BCUT2D eigenvalue weighted by Crippen LogP contribution is 2.42. The van der Waals surface area contributed by atoms with Gasteiger partial charge in [-0.2, -0.15) is 0 Å². The molecule has 0 aromatic carbocycles.